The average molecular weight is 383 g/mol. The number of nitrogens with one attached hydrogen (secondary N) is 1. The van der Waals surface area contributed by atoms with E-state index in [0.29, 0.717) is 23.0 Å². The smallest absolute Gasteiger partial charge is 0.248 e. The summed E-state index contributed by atoms with van der Waals surface area (Å²) in [5, 5.41) is 1.31. The number of pyridine rings is 1. The van der Waals surface area contributed by atoms with Crippen molar-refractivity contribution in [3.63, 3.8) is 0 Å². The van der Waals surface area contributed by atoms with Crippen LogP contribution in [0.2, 0.25) is 0 Å². The summed E-state index contributed by atoms with van der Waals surface area (Å²) in [4.78, 5) is 24.3. The Morgan fingerprint density at radius 3 is 2.85 bits per heavy atom. The lowest BCUT2D eigenvalue weighted by molar-refractivity contribution is 0.100. The molecule has 1 aromatic carbocycles. The van der Waals surface area contributed by atoms with Crippen LogP contribution < -0.4 is 10.5 Å². The molecule has 2 aromatic heterocycles. The number of primary amides is 1. The summed E-state index contributed by atoms with van der Waals surface area (Å²) >= 11 is 1.31. The molecular formula is C19H18FN5OS. The lowest BCUT2D eigenvalue weighted by atomic mass is 9.66. The van der Waals surface area contributed by atoms with Crippen molar-refractivity contribution >= 4 is 28.8 Å². The SMILES string of the molecule is NC(=O)c1ccc2nc(SNCC3(c4ncccc4F)CCC3)ncc2c1. The van der Waals surface area contributed by atoms with Crippen molar-refractivity contribution in [1.82, 2.24) is 19.7 Å². The molecule has 3 aromatic rings. The number of rotatable bonds is 6. The Balaban J connectivity index is 1.46. The van der Waals surface area contributed by atoms with Crippen LogP contribution in [0.15, 0.2) is 47.9 Å². The molecule has 0 atom stereocenters. The minimum Gasteiger partial charge on any atom is -0.366 e. The largest absolute Gasteiger partial charge is 0.366 e. The molecule has 3 N–H and O–H groups in total. The van der Waals surface area contributed by atoms with Gasteiger partial charge in [0.05, 0.1) is 11.2 Å². The molecule has 1 amide bonds. The summed E-state index contributed by atoms with van der Waals surface area (Å²) in [5.74, 6) is -0.735. The highest BCUT2D eigenvalue weighted by molar-refractivity contribution is 7.97. The Morgan fingerprint density at radius 1 is 1.30 bits per heavy atom. The predicted molar refractivity (Wildman–Crippen MR) is 102 cm³/mol. The molecule has 0 bridgehead atoms. The number of nitrogens with zero attached hydrogens (tertiary/aromatic N) is 3. The molecule has 6 nitrogen and oxygen atoms in total. The topological polar surface area (TPSA) is 93.8 Å². The van der Waals surface area contributed by atoms with Crippen molar-refractivity contribution in [2.45, 2.75) is 29.8 Å². The third-order valence-corrected chi connectivity index (χ3v) is 5.66. The Kier molecular flexibility index (Phi) is 4.75. The first-order valence-electron chi connectivity index (χ1n) is 8.65. The van der Waals surface area contributed by atoms with E-state index in [2.05, 4.69) is 19.7 Å². The third kappa shape index (κ3) is 3.50. The second kappa shape index (κ2) is 7.21. The molecule has 1 fully saturated rings. The van der Waals surface area contributed by atoms with Gasteiger partial charge in [0, 0.05) is 35.3 Å². The zero-order chi connectivity index (χ0) is 18.9. The van der Waals surface area contributed by atoms with Crippen LogP contribution >= 0.6 is 11.9 Å². The second-order valence-electron chi connectivity index (χ2n) is 6.68. The zero-order valence-corrected chi connectivity index (χ0v) is 15.3. The van der Waals surface area contributed by atoms with Gasteiger partial charge in [-0.3, -0.25) is 14.5 Å². The zero-order valence-electron chi connectivity index (χ0n) is 14.5. The van der Waals surface area contributed by atoms with Gasteiger partial charge < -0.3 is 5.73 Å². The third-order valence-electron chi connectivity index (χ3n) is 4.99. The highest BCUT2D eigenvalue weighted by atomic mass is 32.2. The quantitative estimate of drug-likeness (QED) is 0.502. The summed E-state index contributed by atoms with van der Waals surface area (Å²) in [6.07, 6.45) is 6.18. The van der Waals surface area contributed by atoms with Gasteiger partial charge in [-0.15, -0.1) is 0 Å². The summed E-state index contributed by atoms with van der Waals surface area (Å²) in [6.45, 7) is 0.591. The normalized spacial score (nSPS) is 15.4. The van der Waals surface area contributed by atoms with Crippen LogP contribution in [0.4, 0.5) is 4.39 Å². The van der Waals surface area contributed by atoms with Crippen LogP contribution in [-0.4, -0.2) is 27.4 Å². The van der Waals surface area contributed by atoms with Crippen molar-refractivity contribution in [2.24, 2.45) is 5.73 Å². The van der Waals surface area contributed by atoms with Crippen LogP contribution in [0.25, 0.3) is 10.9 Å². The number of aromatic nitrogens is 3. The molecule has 0 aliphatic heterocycles. The van der Waals surface area contributed by atoms with E-state index in [4.69, 9.17) is 5.73 Å². The molecule has 2 heterocycles. The number of fused-ring (bicyclic) bond motifs is 1. The summed E-state index contributed by atoms with van der Waals surface area (Å²) in [6, 6.07) is 8.14. The van der Waals surface area contributed by atoms with E-state index in [1.54, 1.807) is 36.7 Å². The number of halogens is 1. The number of hydrogen-bond donors (Lipinski definition) is 2. The van der Waals surface area contributed by atoms with Crippen LogP contribution in [0.1, 0.15) is 35.3 Å². The monoisotopic (exact) mass is 383 g/mol. The summed E-state index contributed by atoms with van der Waals surface area (Å²) in [5.41, 5.74) is 6.71. The number of carbonyl (C=O) groups excluding carboxylic acids is 1. The van der Waals surface area contributed by atoms with Gasteiger partial charge in [0.25, 0.3) is 0 Å². The average Bonchev–Trinajstić information content (AvgIpc) is 2.64. The highest BCUT2D eigenvalue weighted by Crippen LogP contribution is 2.43. The van der Waals surface area contributed by atoms with Crippen molar-refractivity contribution in [3.05, 3.63) is 59.8 Å². The summed E-state index contributed by atoms with van der Waals surface area (Å²) < 4.78 is 17.4. The van der Waals surface area contributed by atoms with Crippen molar-refractivity contribution < 1.29 is 9.18 Å². The van der Waals surface area contributed by atoms with Gasteiger partial charge in [0.15, 0.2) is 0 Å². The van der Waals surface area contributed by atoms with E-state index in [-0.39, 0.29) is 11.2 Å². The van der Waals surface area contributed by atoms with E-state index in [9.17, 15) is 9.18 Å². The molecule has 1 saturated carbocycles. The number of benzene rings is 1. The predicted octanol–water partition coefficient (Wildman–Crippen LogP) is 2.98. The van der Waals surface area contributed by atoms with E-state index < -0.39 is 5.91 Å². The molecule has 1 aliphatic carbocycles. The fourth-order valence-electron chi connectivity index (χ4n) is 3.33. The molecule has 138 valence electrons. The second-order valence-corrected chi connectivity index (χ2v) is 7.54. The number of nitrogens with two attached hydrogens (primary N) is 1. The molecule has 0 radical (unpaired) electrons. The molecule has 27 heavy (non-hydrogen) atoms. The number of amides is 1. The molecule has 1 aliphatic rings. The van der Waals surface area contributed by atoms with Crippen LogP contribution in [-0.2, 0) is 5.41 Å². The molecule has 4 rings (SSSR count). The fourth-order valence-corrected chi connectivity index (χ4v) is 4.06. The van der Waals surface area contributed by atoms with Gasteiger partial charge in [-0.05, 0) is 55.1 Å². The first-order chi connectivity index (χ1) is 13.1. The van der Waals surface area contributed by atoms with E-state index in [0.717, 1.165) is 30.2 Å². The molecule has 8 heteroatoms. The lowest BCUT2D eigenvalue weighted by Gasteiger charge is -2.41. The van der Waals surface area contributed by atoms with E-state index in [1.807, 2.05) is 0 Å². The Bertz CT molecular complexity index is 1010. The Hall–Kier alpha value is -2.58. The minimum atomic E-state index is -0.482. The lowest BCUT2D eigenvalue weighted by Crippen LogP contribution is -2.43. The fraction of sp³-hybridized carbons (Fsp3) is 0.263. The van der Waals surface area contributed by atoms with Crippen LogP contribution in [0, 0.1) is 5.82 Å². The molecule has 0 unspecified atom stereocenters. The molecule has 0 spiro atoms. The first kappa shape index (κ1) is 17.8. The van der Waals surface area contributed by atoms with Crippen molar-refractivity contribution in [3.8, 4) is 0 Å². The van der Waals surface area contributed by atoms with E-state index in [1.165, 1.54) is 18.0 Å². The highest BCUT2D eigenvalue weighted by Gasteiger charge is 2.41. The number of hydrogen-bond acceptors (Lipinski definition) is 6. The van der Waals surface area contributed by atoms with Gasteiger partial charge in [-0.25, -0.2) is 14.4 Å². The van der Waals surface area contributed by atoms with Gasteiger partial charge in [0.2, 0.25) is 11.1 Å². The van der Waals surface area contributed by atoms with Gasteiger partial charge in [0.1, 0.15) is 5.82 Å². The molecular weight excluding hydrogens is 365 g/mol. The van der Waals surface area contributed by atoms with Gasteiger partial charge in [-0.1, -0.05) is 6.42 Å². The van der Waals surface area contributed by atoms with E-state index >= 15 is 0 Å². The number of carbonyl (C=O) groups is 1. The molecule has 0 saturated heterocycles. The van der Waals surface area contributed by atoms with Crippen LogP contribution in [0.3, 0.4) is 0 Å². The van der Waals surface area contributed by atoms with Crippen LogP contribution in [0.5, 0.6) is 0 Å². The van der Waals surface area contributed by atoms with Gasteiger partial charge in [-0.2, -0.15) is 0 Å². The first-order valence-corrected chi connectivity index (χ1v) is 9.46. The Labute approximate surface area is 159 Å². The maximum Gasteiger partial charge on any atom is 0.248 e. The Morgan fingerprint density at radius 2 is 2.15 bits per heavy atom. The minimum absolute atomic E-state index is 0.254. The maximum absolute atomic E-state index is 14.2. The van der Waals surface area contributed by atoms with Gasteiger partial charge >= 0.3 is 0 Å². The standard InChI is InChI=1S/C19H18FN5OS/c20-14-3-1-8-22-16(14)19(6-2-7-19)11-24-27-18-23-10-13-9-12(17(21)26)4-5-15(13)25-18/h1,3-5,8-10,24H,2,6-7,11H2,(H2,21,26). The van der Waals surface area contributed by atoms with Crippen molar-refractivity contribution in [2.75, 3.05) is 6.54 Å². The summed E-state index contributed by atoms with van der Waals surface area (Å²) in [7, 11) is 0. The van der Waals surface area contributed by atoms with Crippen molar-refractivity contribution in [1.29, 1.82) is 0 Å². The maximum atomic E-state index is 14.2.